The van der Waals surface area contributed by atoms with Gasteiger partial charge in [-0.3, -0.25) is 4.18 Å². The lowest BCUT2D eigenvalue weighted by atomic mass is 9.86. The fraction of sp³-hybridized carbons (Fsp3) is 0.808. The molecule has 2 aliphatic heterocycles. The van der Waals surface area contributed by atoms with Crippen molar-refractivity contribution in [2.45, 2.75) is 223 Å². The summed E-state index contributed by atoms with van der Waals surface area (Å²) in [5.74, 6) is -1.30. The average Bonchev–Trinajstić information content (AvgIpc) is 3.75. The van der Waals surface area contributed by atoms with E-state index in [1.165, 1.54) is 0 Å². The molecule has 400 valence electrons. The Kier molecular flexibility index (Phi) is 23.6. The first-order valence-electron chi connectivity index (χ1n) is 25.4. The minimum atomic E-state index is -3.84. The third kappa shape index (κ3) is 18.8. The molecule has 0 saturated carbocycles. The summed E-state index contributed by atoms with van der Waals surface area (Å²) >= 11 is 0. The molecule has 0 spiro atoms. The van der Waals surface area contributed by atoms with E-state index in [0.717, 1.165) is 30.2 Å². The Morgan fingerprint density at radius 2 is 1.45 bits per heavy atom. The molecule has 0 aliphatic carbocycles. The summed E-state index contributed by atoms with van der Waals surface area (Å²) in [6.07, 6.45) is 0.767. The van der Waals surface area contributed by atoms with Crippen LogP contribution >= 0.6 is 0 Å². The van der Waals surface area contributed by atoms with Gasteiger partial charge in [-0.1, -0.05) is 80.7 Å². The number of aliphatic hydroxyl groups excluding tert-OH is 1. The van der Waals surface area contributed by atoms with Crippen molar-refractivity contribution in [1.82, 2.24) is 0 Å². The lowest BCUT2D eigenvalue weighted by Crippen LogP contribution is -2.49. The normalized spacial score (nSPS) is 23.9. The third-order valence-corrected chi connectivity index (χ3v) is 26.6. The summed E-state index contributed by atoms with van der Waals surface area (Å²) in [7, 11) is -10.6. The first-order valence-corrected chi connectivity index (χ1v) is 34.7. The molecular weight excluding hydrogens is 953 g/mol. The van der Waals surface area contributed by atoms with E-state index < -0.39 is 73.0 Å². The van der Waals surface area contributed by atoms with Crippen molar-refractivity contribution >= 4 is 36.6 Å². The van der Waals surface area contributed by atoms with E-state index in [2.05, 4.69) is 80.9 Å². The van der Waals surface area contributed by atoms with Gasteiger partial charge >= 0.3 is 0 Å². The van der Waals surface area contributed by atoms with Crippen LogP contribution in [-0.4, -0.2) is 133 Å². The SMILES string of the molecule is C=C1C[C@H](CCC(OCC)OCC)O[C@H]1CC[C@H](C[C@H](C)C(=C)[C@H](O)C[C@@H]1O[C@H](CC(CO[Si](C)(C)C(C)(C)C)O[Si](C)(C)C(C)(C)C)[C@H](OC)[C@H]1CS(=O)(=O)c1ccc(CC)cc1)OS(C)(=O)=O. The van der Waals surface area contributed by atoms with Gasteiger partial charge in [-0.05, 0) is 123 Å². The first kappa shape index (κ1) is 62.0. The first-order chi connectivity index (χ1) is 31.8. The van der Waals surface area contributed by atoms with E-state index in [1.54, 1.807) is 19.2 Å². The van der Waals surface area contributed by atoms with Crippen LogP contribution in [-0.2, 0) is 63.1 Å². The van der Waals surface area contributed by atoms with Crippen molar-refractivity contribution in [1.29, 1.82) is 0 Å². The number of methoxy groups -OCH3 is 1. The standard InChI is InChI=1S/C52H94O13S2Si2/c1-19-39-22-26-43(27-23-39)67(56,57)35-44-47(63-48(50(44)58-13)32-42(65-69(17,18)52(10,11)12)34-61-68(15,16)51(7,8)9)33-45(53)38(6)36(4)30-41(64-66(14,54)55)24-28-46-37(5)31-40(62-46)25-29-49(59-20-2)60-21-3/h22-23,26-27,36,40-42,44-50,53H,5-6,19-21,24-25,28-35H2,1-4,7-18H3/t36-,40-,41+,42?,44-,45+,46-,47-,48+,50+/m0/s1. The fourth-order valence-electron chi connectivity index (χ4n) is 8.83. The van der Waals surface area contributed by atoms with Crippen molar-refractivity contribution in [2.75, 3.05) is 38.9 Å². The summed E-state index contributed by atoms with van der Waals surface area (Å²) in [6, 6.07) is 6.99. The second kappa shape index (κ2) is 26.2. The molecule has 69 heavy (non-hydrogen) atoms. The van der Waals surface area contributed by atoms with Gasteiger partial charge < -0.3 is 37.6 Å². The molecule has 1 N–H and O–H groups in total. The molecule has 0 aromatic heterocycles. The van der Waals surface area contributed by atoms with Gasteiger partial charge in [-0.15, -0.1) is 0 Å². The number of hydrogen-bond acceptors (Lipinski definition) is 13. The van der Waals surface area contributed by atoms with Gasteiger partial charge in [0.05, 0.1) is 72.3 Å². The number of benzene rings is 1. The van der Waals surface area contributed by atoms with Gasteiger partial charge in [0, 0.05) is 45.5 Å². The van der Waals surface area contributed by atoms with Crippen LogP contribution in [0.25, 0.3) is 0 Å². The summed E-state index contributed by atoms with van der Waals surface area (Å²) in [4.78, 5) is 0.216. The Hall–Kier alpha value is -1.33. The molecule has 2 fully saturated rings. The molecule has 3 rings (SSSR count). The van der Waals surface area contributed by atoms with Crippen LogP contribution in [0.3, 0.4) is 0 Å². The number of sulfone groups is 1. The van der Waals surface area contributed by atoms with Crippen LogP contribution in [0.4, 0.5) is 0 Å². The zero-order chi connectivity index (χ0) is 52.3. The number of hydrogen-bond donors (Lipinski definition) is 1. The van der Waals surface area contributed by atoms with E-state index >= 15 is 0 Å². The summed E-state index contributed by atoms with van der Waals surface area (Å²) < 4.78 is 104. The van der Waals surface area contributed by atoms with Crippen molar-refractivity contribution in [3.8, 4) is 0 Å². The Balaban J connectivity index is 1.88. The Morgan fingerprint density at radius 3 is 1.97 bits per heavy atom. The quantitative estimate of drug-likeness (QED) is 0.0336. The second-order valence-corrected chi connectivity index (χ2v) is 35.9. The van der Waals surface area contributed by atoms with Gasteiger partial charge in [0.25, 0.3) is 10.1 Å². The topological polar surface area (TPSA) is 162 Å². The van der Waals surface area contributed by atoms with E-state index in [0.29, 0.717) is 57.5 Å². The number of aliphatic hydroxyl groups is 1. The van der Waals surface area contributed by atoms with Gasteiger partial charge in [-0.25, -0.2) is 8.42 Å². The molecule has 2 aliphatic rings. The van der Waals surface area contributed by atoms with Crippen LogP contribution in [0.1, 0.15) is 126 Å². The predicted octanol–water partition coefficient (Wildman–Crippen LogP) is 10.6. The molecule has 17 heteroatoms. The second-order valence-electron chi connectivity index (χ2n) is 22.7. The van der Waals surface area contributed by atoms with Crippen molar-refractivity contribution in [3.63, 3.8) is 0 Å². The maximum atomic E-state index is 14.3. The van der Waals surface area contributed by atoms with Crippen LogP contribution in [0.15, 0.2) is 53.5 Å². The summed E-state index contributed by atoms with van der Waals surface area (Å²) in [6.45, 7) is 39.9. The van der Waals surface area contributed by atoms with E-state index in [4.69, 9.17) is 36.7 Å². The Bertz CT molecular complexity index is 1970. The fourth-order valence-corrected chi connectivity index (χ4v) is 13.5. The van der Waals surface area contributed by atoms with E-state index in [-0.39, 0.29) is 64.1 Å². The molecule has 1 aromatic carbocycles. The molecule has 1 unspecified atom stereocenters. The number of ether oxygens (including phenoxy) is 5. The lowest BCUT2D eigenvalue weighted by molar-refractivity contribution is -0.144. The molecule has 0 bridgehead atoms. The number of aryl methyl sites for hydroxylation is 1. The van der Waals surface area contributed by atoms with Crippen LogP contribution in [0, 0.1) is 11.8 Å². The van der Waals surface area contributed by atoms with Crippen LogP contribution in [0.2, 0.25) is 36.3 Å². The average molecular weight is 1050 g/mol. The molecular formula is C52H94O13S2Si2. The molecule has 2 heterocycles. The minimum absolute atomic E-state index is 0.0261. The Labute approximate surface area is 421 Å². The molecule has 0 radical (unpaired) electrons. The molecule has 2 saturated heterocycles. The van der Waals surface area contributed by atoms with Crippen molar-refractivity contribution in [3.05, 3.63) is 54.1 Å². The maximum Gasteiger partial charge on any atom is 0.264 e. The maximum absolute atomic E-state index is 14.3. The molecule has 13 nitrogen and oxygen atoms in total. The van der Waals surface area contributed by atoms with Crippen molar-refractivity contribution in [2.24, 2.45) is 11.8 Å². The predicted molar refractivity (Wildman–Crippen MR) is 282 cm³/mol. The van der Waals surface area contributed by atoms with Crippen molar-refractivity contribution < 1.29 is 58.7 Å². The smallest absolute Gasteiger partial charge is 0.264 e. The van der Waals surface area contributed by atoms with Crippen LogP contribution < -0.4 is 0 Å². The molecule has 10 atom stereocenters. The largest absolute Gasteiger partial charge is 0.414 e. The van der Waals surface area contributed by atoms with Gasteiger partial charge in [0.2, 0.25) is 0 Å². The third-order valence-electron chi connectivity index (χ3n) is 15.1. The highest BCUT2D eigenvalue weighted by molar-refractivity contribution is 7.91. The molecule has 1 aromatic rings. The Morgan fingerprint density at radius 1 is 0.855 bits per heavy atom. The number of rotatable bonds is 30. The zero-order valence-electron chi connectivity index (χ0n) is 45.4. The zero-order valence-corrected chi connectivity index (χ0v) is 49.1. The highest BCUT2D eigenvalue weighted by Gasteiger charge is 2.50. The van der Waals surface area contributed by atoms with Crippen LogP contribution in [0.5, 0.6) is 0 Å². The monoisotopic (exact) mass is 1050 g/mol. The van der Waals surface area contributed by atoms with E-state index in [9.17, 15) is 21.9 Å². The van der Waals surface area contributed by atoms with Gasteiger partial charge in [0.15, 0.2) is 32.8 Å². The van der Waals surface area contributed by atoms with Gasteiger partial charge in [0.1, 0.15) is 0 Å². The van der Waals surface area contributed by atoms with Gasteiger partial charge in [-0.2, -0.15) is 8.42 Å². The minimum Gasteiger partial charge on any atom is -0.414 e. The summed E-state index contributed by atoms with van der Waals surface area (Å²) in [5, 5.41) is 11.9. The van der Waals surface area contributed by atoms with E-state index in [1.807, 2.05) is 39.8 Å². The summed E-state index contributed by atoms with van der Waals surface area (Å²) in [5.41, 5.74) is 2.46. The lowest BCUT2D eigenvalue weighted by Gasteiger charge is -2.42. The highest BCUT2D eigenvalue weighted by atomic mass is 32.2. The highest BCUT2D eigenvalue weighted by Crippen LogP contribution is 2.43. The molecule has 0 amide bonds.